The van der Waals surface area contributed by atoms with Gasteiger partial charge in [-0.1, -0.05) is 12.1 Å². The monoisotopic (exact) mass is 546 g/mol. The second-order valence-corrected chi connectivity index (χ2v) is 8.73. The average Bonchev–Trinajstić information content (AvgIpc) is 3.34. The van der Waals surface area contributed by atoms with Crippen LogP contribution < -0.4 is 5.32 Å². The van der Waals surface area contributed by atoms with Crippen molar-refractivity contribution >= 4 is 40.3 Å². The molecule has 9 nitrogen and oxygen atoms in total. The number of halogens is 1. The van der Waals surface area contributed by atoms with Gasteiger partial charge in [0.05, 0.1) is 30.8 Å². The first kappa shape index (κ1) is 22.2. The van der Waals surface area contributed by atoms with E-state index in [0.717, 1.165) is 16.4 Å². The van der Waals surface area contributed by atoms with Gasteiger partial charge < -0.3 is 15.0 Å². The molecule has 1 aliphatic heterocycles. The van der Waals surface area contributed by atoms with Crippen LogP contribution in [-0.4, -0.2) is 62.5 Å². The maximum atomic E-state index is 13.5. The van der Waals surface area contributed by atoms with Gasteiger partial charge in [0.25, 0.3) is 5.91 Å². The number of likely N-dealkylation sites (tertiary alicyclic amines) is 1. The molecular formula is C22H23IN6O3. The first-order chi connectivity index (χ1) is 15.5. The van der Waals surface area contributed by atoms with Crippen molar-refractivity contribution in [2.24, 2.45) is 0 Å². The van der Waals surface area contributed by atoms with Crippen molar-refractivity contribution in [1.82, 2.24) is 24.9 Å². The molecule has 0 spiro atoms. The predicted octanol–water partition coefficient (Wildman–Crippen LogP) is 3.16. The molecule has 32 heavy (non-hydrogen) atoms. The Morgan fingerprint density at radius 3 is 2.62 bits per heavy atom. The largest absolute Gasteiger partial charge is 0.465 e. The molecule has 0 unspecified atom stereocenters. The van der Waals surface area contributed by atoms with Crippen LogP contribution in [0.1, 0.15) is 40.5 Å². The predicted molar refractivity (Wildman–Crippen MR) is 127 cm³/mol. The van der Waals surface area contributed by atoms with Crippen molar-refractivity contribution in [2.45, 2.75) is 31.8 Å². The van der Waals surface area contributed by atoms with Crippen molar-refractivity contribution in [3.8, 4) is 5.69 Å². The summed E-state index contributed by atoms with van der Waals surface area (Å²) < 4.78 is 5.68. The van der Waals surface area contributed by atoms with Gasteiger partial charge in [0.2, 0.25) is 0 Å². The fourth-order valence-electron chi connectivity index (χ4n) is 3.87. The first-order valence-electron chi connectivity index (χ1n) is 10.3. The van der Waals surface area contributed by atoms with Gasteiger partial charge in [-0.05, 0) is 60.6 Å². The van der Waals surface area contributed by atoms with Gasteiger partial charge in [-0.15, -0.1) is 0 Å². The number of pyridine rings is 1. The Morgan fingerprint density at radius 1 is 1.12 bits per heavy atom. The summed E-state index contributed by atoms with van der Waals surface area (Å²) in [4.78, 5) is 33.5. The van der Waals surface area contributed by atoms with E-state index in [1.807, 2.05) is 30.0 Å². The van der Waals surface area contributed by atoms with Gasteiger partial charge in [-0.25, -0.2) is 9.78 Å². The number of para-hydroxylation sites is 1. The van der Waals surface area contributed by atoms with E-state index in [-0.39, 0.29) is 18.0 Å². The molecule has 0 radical (unpaired) electrons. The second-order valence-electron chi connectivity index (χ2n) is 7.57. The van der Waals surface area contributed by atoms with E-state index in [1.165, 1.54) is 11.9 Å². The number of ether oxygens (including phenoxy) is 1. The third kappa shape index (κ3) is 4.45. The lowest BCUT2D eigenvalue weighted by atomic mass is 9.97. The molecule has 166 valence electrons. The Kier molecular flexibility index (Phi) is 6.68. The minimum Gasteiger partial charge on any atom is -0.465 e. The number of carbonyl (C=O) groups is 2. The number of amides is 1. The SMILES string of the molecule is COC(=O)c1c(I)ccnc1N[C@@H]1CC[C@@H](C)N(C(=O)c2ccccc2-n2nccn2)C1. The lowest BCUT2D eigenvalue weighted by Gasteiger charge is -2.39. The maximum Gasteiger partial charge on any atom is 0.342 e. The van der Waals surface area contributed by atoms with Crippen molar-refractivity contribution in [3.63, 3.8) is 0 Å². The van der Waals surface area contributed by atoms with E-state index >= 15 is 0 Å². The van der Waals surface area contributed by atoms with Gasteiger partial charge in [0.15, 0.2) is 0 Å². The molecule has 2 aromatic heterocycles. The lowest BCUT2D eigenvalue weighted by Crippen LogP contribution is -2.50. The molecule has 0 bridgehead atoms. The zero-order valence-electron chi connectivity index (χ0n) is 17.7. The molecule has 0 saturated carbocycles. The van der Waals surface area contributed by atoms with Crippen LogP contribution in [-0.2, 0) is 4.74 Å². The number of carbonyl (C=O) groups excluding carboxylic acids is 2. The van der Waals surface area contributed by atoms with Crippen LogP contribution in [0.4, 0.5) is 5.82 Å². The highest BCUT2D eigenvalue weighted by Crippen LogP contribution is 2.26. The molecule has 2 atom stereocenters. The maximum absolute atomic E-state index is 13.5. The Balaban J connectivity index is 1.58. The molecule has 1 amide bonds. The molecule has 1 aliphatic rings. The van der Waals surface area contributed by atoms with E-state index in [1.54, 1.807) is 30.7 Å². The summed E-state index contributed by atoms with van der Waals surface area (Å²) in [6, 6.07) is 9.09. The van der Waals surface area contributed by atoms with Gasteiger partial charge in [0, 0.05) is 28.4 Å². The molecule has 1 aromatic carbocycles. The van der Waals surface area contributed by atoms with Crippen molar-refractivity contribution < 1.29 is 14.3 Å². The number of nitrogens with one attached hydrogen (secondary N) is 1. The molecule has 10 heteroatoms. The van der Waals surface area contributed by atoms with E-state index in [9.17, 15) is 9.59 Å². The van der Waals surface area contributed by atoms with E-state index in [4.69, 9.17) is 4.74 Å². The summed E-state index contributed by atoms with van der Waals surface area (Å²) in [5, 5.41) is 11.7. The average molecular weight is 546 g/mol. The van der Waals surface area contributed by atoms with Gasteiger partial charge >= 0.3 is 5.97 Å². The Hall–Kier alpha value is -3.02. The minimum atomic E-state index is -0.442. The van der Waals surface area contributed by atoms with Crippen molar-refractivity contribution in [1.29, 1.82) is 0 Å². The number of aromatic nitrogens is 4. The highest BCUT2D eigenvalue weighted by molar-refractivity contribution is 14.1. The summed E-state index contributed by atoms with van der Waals surface area (Å²) in [5.74, 6) is -0.0553. The van der Waals surface area contributed by atoms with Crippen LogP contribution in [0.2, 0.25) is 0 Å². The Bertz CT molecular complexity index is 1120. The molecule has 1 fully saturated rings. The standard InChI is InChI=1S/C22H23IN6O3/c1-14-7-8-15(27-20-19(22(31)32-2)17(23)9-10-24-20)13-28(14)21(30)16-5-3-4-6-18(16)29-25-11-12-26-29/h3-6,9-12,14-15H,7-8,13H2,1-2H3,(H,24,27)/t14-,15-/m1/s1. The zero-order chi connectivity index (χ0) is 22.7. The van der Waals surface area contributed by atoms with Gasteiger partial charge in [-0.2, -0.15) is 15.0 Å². The summed E-state index contributed by atoms with van der Waals surface area (Å²) in [7, 11) is 1.35. The number of methoxy groups -OCH3 is 1. The summed E-state index contributed by atoms with van der Waals surface area (Å²) in [5.41, 5.74) is 1.58. The van der Waals surface area contributed by atoms with E-state index in [0.29, 0.717) is 29.2 Å². The van der Waals surface area contributed by atoms with Gasteiger partial charge in [-0.3, -0.25) is 4.79 Å². The quantitative estimate of drug-likeness (QED) is 0.388. The van der Waals surface area contributed by atoms with Crippen molar-refractivity contribution in [2.75, 3.05) is 19.0 Å². The normalized spacial score (nSPS) is 18.3. The summed E-state index contributed by atoms with van der Waals surface area (Å²) in [6.45, 7) is 2.53. The molecule has 1 saturated heterocycles. The molecule has 3 heterocycles. The fourth-order valence-corrected chi connectivity index (χ4v) is 4.51. The minimum absolute atomic E-state index is 0.0563. The number of piperidine rings is 1. The molecular weight excluding hydrogens is 523 g/mol. The first-order valence-corrected chi connectivity index (χ1v) is 11.3. The van der Waals surface area contributed by atoms with Crippen molar-refractivity contribution in [3.05, 3.63) is 63.6 Å². The molecule has 0 aliphatic carbocycles. The third-order valence-electron chi connectivity index (χ3n) is 5.54. The number of nitrogens with zero attached hydrogens (tertiary/aromatic N) is 5. The smallest absolute Gasteiger partial charge is 0.342 e. The number of benzene rings is 1. The molecule has 1 N–H and O–H groups in total. The van der Waals surface area contributed by atoms with Crippen LogP contribution in [0, 0.1) is 3.57 Å². The van der Waals surface area contributed by atoms with E-state index < -0.39 is 5.97 Å². The van der Waals surface area contributed by atoms with Crippen LogP contribution in [0.3, 0.4) is 0 Å². The zero-order valence-corrected chi connectivity index (χ0v) is 19.9. The number of esters is 1. The number of rotatable bonds is 5. The van der Waals surface area contributed by atoms with Crippen LogP contribution in [0.5, 0.6) is 0 Å². The van der Waals surface area contributed by atoms with Crippen LogP contribution in [0.25, 0.3) is 5.69 Å². The third-order valence-corrected chi connectivity index (χ3v) is 6.44. The lowest BCUT2D eigenvalue weighted by molar-refractivity contribution is 0.0593. The second kappa shape index (κ2) is 9.63. The molecule has 4 rings (SSSR count). The highest BCUT2D eigenvalue weighted by Gasteiger charge is 2.32. The van der Waals surface area contributed by atoms with Crippen LogP contribution >= 0.6 is 22.6 Å². The van der Waals surface area contributed by atoms with Gasteiger partial charge in [0.1, 0.15) is 11.4 Å². The number of hydrogen-bond acceptors (Lipinski definition) is 7. The van der Waals surface area contributed by atoms with E-state index in [2.05, 4.69) is 43.1 Å². The molecule has 3 aromatic rings. The number of anilines is 1. The topological polar surface area (TPSA) is 102 Å². The van der Waals surface area contributed by atoms with Crippen LogP contribution in [0.15, 0.2) is 48.9 Å². The number of hydrogen-bond donors (Lipinski definition) is 1. The summed E-state index contributed by atoms with van der Waals surface area (Å²) in [6.07, 6.45) is 6.48. The fraction of sp³-hybridized carbons (Fsp3) is 0.318. The summed E-state index contributed by atoms with van der Waals surface area (Å²) >= 11 is 2.09. The Labute approximate surface area is 199 Å². The Morgan fingerprint density at radius 2 is 1.88 bits per heavy atom. The highest BCUT2D eigenvalue weighted by atomic mass is 127.